The first-order valence-corrected chi connectivity index (χ1v) is 8.49. The van der Waals surface area contributed by atoms with Crippen LogP contribution in [0.15, 0.2) is 35.5 Å². The molecule has 124 valence electrons. The van der Waals surface area contributed by atoms with Crippen molar-refractivity contribution in [3.8, 4) is 0 Å². The Morgan fingerprint density at radius 1 is 1.22 bits per heavy atom. The lowest BCUT2D eigenvalue weighted by molar-refractivity contribution is -0.144. The lowest BCUT2D eigenvalue weighted by Gasteiger charge is -2.37. The van der Waals surface area contributed by atoms with Gasteiger partial charge < -0.3 is 9.80 Å². The van der Waals surface area contributed by atoms with Crippen molar-refractivity contribution in [3.05, 3.63) is 35.5 Å². The van der Waals surface area contributed by atoms with Crippen LogP contribution in [0.2, 0.25) is 0 Å². The van der Waals surface area contributed by atoms with Gasteiger partial charge in [-0.15, -0.1) is 0 Å². The molecule has 0 radical (unpaired) electrons. The third kappa shape index (κ3) is 3.55. The van der Waals surface area contributed by atoms with E-state index in [4.69, 9.17) is 0 Å². The highest BCUT2D eigenvalue weighted by atomic mass is 16.2. The van der Waals surface area contributed by atoms with E-state index in [9.17, 15) is 9.59 Å². The largest absolute Gasteiger partial charge is 0.333 e. The number of nitrogens with one attached hydrogen (secondary N) is 1. The molecule has 2 saturated heterocycles. The molecule has 3 rings (SSSR count). The molecule has 2 aliphatic heterocycles. The van der Waals surface area contributed by atoms with E-state index in [1.165, 1.54) is 11.1 Å². The molecule has 5 heteroatoms. The molecular weight excluding hydrogens is 290 g/mol. The zero-order valence-electron chi connectivity index (χ0n) is 13.8. The lowest BCUT2D eigenvalue weighted by Crippen LogP contribution is -2.57. The summed E-state index contributed by atoms with van der Waals surface area (Å²) in [6.45, 7) is 3.86. The third-order valence-electron chi connectivity index (χ3n) is 4.77. The fourth-order valence-electron chi connectivity index (χ4n) is 3.48. The Labute approximate surface area is 137 Å². The average Bonchev–Trinajstić information content (AvgIpc) is 2.90. The molecule has 0 aromatic rings. The predicted molar refractivity (Wildman–Crippen MR) is 89.5 cm³/mol. The summed E-state index contributed by atoms with van der Waals surface area (Å²) in [6, 6.07) is 0. The molecular formula is C18H25N3O2. The summed E-state index contributed by atoms with van der Waals surface area (Å²) in [6.07, 6.45) is 13.1. The third-order valence-corrected chi connectivity index (χ3v) is 4.77. The van der Waals surface area contributed by atoms with E-state index in [-0.39, 0.29) is 24.5 Å². The van der Waals surface area contributed by atoms with Gasteiger partial charge in [-0.3, -0.25) is 14.9 Å². The van der Waals surface area contributed by atoms with E-state index in [1.807, 2.05) is 11.8 Å². The second kappa shape index (κ2) is 7.13. The summed E-state index contributed by atoms with van der Waals surface area (Å²) in [7, 11) is 0. The minimum absolute atomic E-state index is 0.0140. The first-order valence-electron chi connectivity index (χ1n) is 8.49. The number of amides is 2. The summed E-state index contributed by atoms with van der Waals surface area (Å²) in [5.74, 6) is 0.0874. The zero-order chi connectivity index (χ0) is 16.2. The van der Waals surface area contributed by atoms with Crippen molar-refractivity contribution in [2.24, 2.45) is 0 Å². The average molecular weight is 315 g/mol. The van der Waals surface area contributed by atoms with E-state index in [0.29, 0.717) is 19.6 Å². The van der Waals surface area contributed by atoms with Gasteiger partial charge in [-0.05, 0) is 43.8 Å². The summed E-state index contributed by atoms with van der Waals surface area (Å²) in [4.78, 5) is 27.6. The first kappa shape index (κ1) is 16.0. The Balaban J connectivity index is 1.63. The minimum Gasteiger partial charge on any atom is -0.333 e. The van der Waals surface area contributed by atoms with E-state index in [2.05, 4.69) is 29.6 Å². The van der Waals surface area contributed by atoms with Crippen LogP contribution in [-0.4, -0.2) is 54.0 Å². The van der Waals surface area contributed by atoms with Crippen LogP contribution >= 0.6 is 0 Å². The molecule has 0 spiro atoms. The molecule has 2 fully saturated rings. The van der Waals surface area contributed by atoms with Gasteiger partial charge in [-0.2, -0.15) is 0 Å². The van der Waals surface area contributed by atoms with Crippen molar-refractivity contribution >= 4 is 11.8 Å². The molecule has 23 heavy (non-hydrogen) atoms. The molecule has 2 heterocycles. The van der Waals surface area contributed by atoms with Gasteiger partial charge in [0.15, 0.2) is 0 Å². The molecule has 0 bridgehead atoms. The SMILES string of the molecule is C/C=C\CCC1=CCCC=C1CN1CC2NCC(=O)N2CC1=O. The molecule has 2 amide bonds. The zero-order valence-corrected chi connectivity index (χ0v) is 13.8. The Bertz CT molecular complexity index is 577. The molecule has 3 aliphatic rings. The van der Waals surface area contributed by atoms with Gasteiger partial charge in [0, 0.05) is 6.54 Å². The number of hydrogen-bond donors (Lipinski definition) is 1. The summed E-state index contributed by atoms with van der Waals surface area (Å²) in [5.41, 5.74) is 2.66. The standard InChI is InChI=1S/C18H25N3O2/c1-2-3-4-7-14-8-5-6-9-15(14)11-20-12-16-19-10-17(22)21(16)13-18(20)23/h2-3,8-9,16,19H,4-7,10-13H2,1H3/b3-2-. The predicted octanol–water partition coefficient (Wildman–Crippen LogP) is 1.59. The maximum Gasteiger partial charge on any atom is 0.242 e. The molecule has 1 atom stereocenters. The number of nitrogens with zero attached hydrogens (tertiary/aromatic N) is 2. The van der Waals surface area contributed by atoms with Crippen molar-refractivity contribution in [2.75, 3.05) is 26.2 Å². The van der Waals surface area contributed by atoms with Gasteiger partial charge in [0.25, 0.3) is 0 Å². The van der Waals surface area contributed by atoms with Crippen LogP contribution in [0, 0.1) is 0 Å². The van der Waals surface area contributed by atoms with Gasteiger partial charge in [-0.25, -0.2) is 0 Å². The molecule has 5 nitrogen and oxygen atoms in total. The molecule has 0 aromatic carbocycles. The number of hydrogen-bond acceptors (Lipinski definition) is 3. The van der Waals surface area contributed by atoms with E-state index in [1.54, 1.807) is 4.90 Å². The van der Waals surface area contributed by atoms with Crippen LogP contribution in [0.5, 0.6) is 0 Å². The first-order chi connectivity index (χ1) is 11.2. The highest BCUT2D eigenvalue weighted by Crippen LogP contribution is 2.25. The number of piperazine rings is 1. The van der Waals surface area contributed by atoms with Crippen molar-refractivity contribution in [3.63, 3.8) is 0 Å². The summed E-state index contributed by atoms with van der Waals surface area (Å²) >= 11 is 0. The number of carbonyl (C=O) groups is 2. The van der Waals surface area contributed by atoms with E-state index in [0.717, 1.165) is 25.7 Å². The van der Waals surface area contributed by atoms with Crippen LogP contribution in [0.3, 0.4) is 0 Å². The van der Waals surface area contributed by atoms with Crippen LogP contribution in [0.1, 0.15) is 32.6 Å². The van der Waals surface area contributed by atoms with Gasteiger partial charge in [0.2, 0.25) is 11.8 Å². The Hall–Kier alpha value is -1.88. The lowest BCUT2D eigenvalue weighted by atomic mass is 9.93. The summed E-state index contributed by atoms with van der Waals surface area (Å²) in [5, 5.41) is 3.19. The van der Waals surface area contributed by atoms with Crippen molar-refractivity contribution in [1.82, 2.24) is 15.1 Å². The second-order valence-corrected chi connectivity index (χ2v) is 6.34. The highest BCUT2D eigenvalue weighted by molar-refractivity contribution is 5.88. The molecule has 1 unspecified atom stereocenters. The topological polar surface area (TPSA) is 52.7 Å². The summed E-state index contributed by atoms with van der Waals surface area (Å²) < 4.78 is 0. The Morgan fingerprint density at radius 3 is 2.78 bits per heavy atom. The van der Waals surface area contributed by atoms with Crippen molar-refractivity contribution < 1.29 is 9.59 Å². The normalized spacial score (nSPS) is 25.0. The second-order valence-electron chi connectivity index (χ2n) is 6.34. The van der Waals surface area contributed by atoms with Gasteiger partial charge >= 0.3 is 0 Å². The monoisotopic (exact) mass is 315 g/mol. The van der Waals surface area contributed by atoms with E-state index < -0.39 is 0 Å². The molecule has 0 saturated carbocycles. The van der Waals surface area contributed by atoms with Crippen LogP contribution in [0.4, 0.5) is 0 Å². The van der Waals surface area contributed by atoms with Crippen molar-refractivity contribution in [2.45, 2.75) is 38.8 Å². The number of rotatable bonds is 5. The van der Waals surface area contributed by atoms with Crippen LogP contribution in [-0.2, 0) is 9.59 Å². The molecule has 1 N–H and O–H groups in total. The maximum atomic E-state index is 12.4. The Kier molecular flexibility index (Phi) is 4.96. The number of fused-ring (bicyclic) bond motifs is 1. The fraction of sp³-hybridized carbons (Fsp3) is 0.556. The van der Waals surface area contributed by atoms with Crippen molar-refractivity contribution in [1.29, 1.82) is 0 Å². The van der Waals surface area contributed by atoms with Gasteiger partial charge in [-0.1, -0.05) is 24.3 Å². The van der Waals surface area contributed by atoms with Gasteiger partial charge in [0.05, 0.1) is 13.1 Å². The van der Waals surface area contributed by atoms with Crippen LogP contribution in [0.25, 0.3) is 0 Å². The number of carbonyl (C=O) groups excluding carboxylic acids is 2. The quantitative estimate of drug-likeness (QED) is 0.784. The smallest absolute Gasteiger partial charge is 0.242 e. The fourth-order valence-corrected chi connectivity index (χ4v) is 3.48. The highest BCUT2D eigenvalue weighted by Gasteiger charge is 2.39. The molecule has 1 aliphatic carbocycles. The minimum atomic E-state index is -0.0140. The number of allylic oxidation sites excluding steroid dienone is 4. The maximum absolute atomic E-state index is 12.4. The van der Waals surface area contributed by atoms with E-state index >= 15 is 0 Å². The molecule has 0 aromatic heterocycles. The Morgan fingerprint density at radius 2 is 2.00 bits per heavy atom. The van der Waals surface area contributed by atoms with Gasteiger partial charge in [0.1, 0.15) is 12.7 Å². The van der Waals surface area contributed by atoms with Crippen LogP contribution < -0.4 is 5.32 Å².